The van der Waals surface area contributed by atoms with Gasteiger partial charge in [-0.25, -0.2) is 8.42 Å². The largest absolute Gasteiger partial charge is 0.380 e. The summed E-state index contributed by atoms with van der Waals surface area (Å²) < 4.78 is 31.4. The van der Waals surface area contributed by atoms with Crippen molar-refractivity contribution in [2.45, 2.75) is 32.1 Å². The lowest BCUT2D eigenvalue weighted by molar-refractivity contribution is -0.123. The van der Waals surface area contributed by atoms with Gasteiger partial charge < -0.3 is 4.74 Å². The van der Waals surface area contributed by atoms with Gasteiger partial charge in [-0.2, -0.15) is 0 Å². The zero-order valence-corrected chi connectivity index (χ0v) is 12.5. The minimum absolute atomic E-state index is 0.214. The Kier molecular flexibility index (Phi) is 4.15. The minimum Gasteiger partial charge on any atom is -0.380 e. The van der Waals surface area contributed by atoms with E-state index in [4.69, 9.17) is 4.74 Å². The van der Waals surface area contributed by atoms with Crippen LogP contribution in [0.1, 0.15) is 30.9 Å². The number of amides is 1. The van der Waals surface area contributed by atoms with E-state index in [0.717, 1.165) is 18.4 Å². The smallest absolute Gasteiger partial charge is 0.239 e. The summed E-state index contributed by atoms with van der Waals surface area (Å²) in [6.07, 6.45) is 1.49. The Morgan fingerprint density at radius 1 is 1.30 bits per heavy atom. The number of benzene rings is 1. The van der Waals surface area contributed by atoms with Crippen LogP contribution in [0.4, 0.5) is 0 Å². The van der Waals surface area contributed by atoms with Gasteiger partial charge in [-0.1, -0.05) is 31.2 Å². The average Bonchev–Trinajstić information content (AvgIpc) is 3.11. The van der Waals surface area contributed by atoms with Crippen LogP contribution in [0.15, 0.2) is 24.3 Å². The second-order valence-corrected chi connectivity index (χ2v) is 7.17. The Hall–Kier alpha value is -1.40. The first-order valence-electron chi connectivity index (χ1n) is 6.47. The number of ether oxygens (including phenoxy) is 1. The quantitative estimate of drug-likeness (QED) is 0.865. The molecule has 1 amide bonds. The Bertz CT molecular complexity index is 605. The third-order valence-corrected chi connectivity index (χ3v) is 4.75. The molecule has 0 atom stereocenters. The summed E-state index contributed by atoms with van der Waals surface area (Å²) in [6, 6.07) is 7.15. The van der Waals surface area contributed by atoms with E-state index >= 15 is 0 Å². The molecule has 0 aliphatic heterocycles. The normalized spacial score (nSPS) is 16.7. The summed E-state index contributed by atoms with van der Waals surface area (Å²) in [5, 5.41) is 0. The summed E-state index contributed by atoms with van der Waals surface area (Å²) in [7, 11) is -2.12. The molecule has 20 heavy (non-hydrogen) atoms. The Morgan fingerprint density at radius 3 is 2.45 bits per heavy atom. The standard InChI is InChI=1S/C14H19NO4S/c1-14(7-8-14)13(16)15-20(17,18)10-12-6-4-3-5-11(12)9-19-2/h3-6H,7-10H2,1-2H3,(H,15,16). The van der Waals surface area contributed by atoms with E-state index in [1.807, 2.05) is 12.1 Å². The highest BCUT2D eigenvalue weighted by Gasteiger charge is 2.46. The number of rotatable bonds is 6. The zero-order chi connectivity index (χ0) is 14.8. The highest BCUT2D eigenvalue weighted by molar-refractivity contribution is 7.89. The second kappa shape index (κ2) is 5.54. The van der Waals surface area contributed by atoms with Crippen LogP contribution >= 0.6 is 0 Å². The lowest BCUT2D eigenvalue weighted by Crippen LogP contribution is -2.36. The molecule has 0 heterocycles. The van der Waals surface area contributed by atoms with Crippen LogP contribution in [0.5, 0.6) is 0 Å². The van der Waals surface area contributed by atoms with E-state index < -0.39 is 21.3 Å². The van der Waals surface area contributed by atoms with Crippen LogP contribution in [-0.2, 0) is 31.9 Å². The molecule has 2 rings (SSSR count). The molecule has 1 aliphatic carbocycles. The predicted octanol–water partition coefficient (Wildman–Crippen LogP) is 1.58. The number of carbonyl (C=O) groups excluding carboxylic acids is 1. The van der Waals surface area contributed by atoms with Crippen LogP contribution in [0.3, 0.4) is 0 Å². The van der Waals surface area contributed by atoms with Gasteiger partial charge in [0.05, 0.1) is 12.4 Å². The maximum atomic E-state index is 12.1. The van der Waals surface area contributed by atoms with Gasteiger partial charge in [0.15, 0.2) is 0 Å². The highest BCUT2D eigenvalue weighted by atomic mass is 32.2. The van der Waals surface area contributed by atoms with Crippen molar-refractivity contribution in [3.8, 4) is 0 Å². The molecule has 0 aromatic heterocycles. The van der Waals surface area contributed by atoms with E-state index in [2.05, 4.69) is 4.72 Å². The van der Waals surface area contributed by atoms with E-state index in [0.29, 0.717) is 12.2 Å². The van der Waals surface area contributed by atoms with Crippen molar-refractivity contribution in [2.75, 3.05) is 7.11 Å². The number of hydrogen-bond acceptors (Lipinski definition) is 4. The van der Waals surface area contributed by atoms with E-state index in [-0.39, 0.29) is 5.75 Å². The molecule has 0 radical (unpaired) electrons. The van der Waals surface area contributed by atoms with E-state index in [1.54, 1.807) is 26.2 Å². The van der Waals surface area contributed by atoms with Crippen molar-refractivity contribution >= 4 is 15.9 Å². The predicted molar refractivity (Wildman–Crippen MR) is 75.3 cm³/mol. The number of hydrogen-bond donors (Lipinski definition) is 1. The average molecular weight is 297 g/mol. The van der Waals surface area contributed by atoms with Crippen molar-refractivity contribution in [3.63, 3.8) is 0 Å². The molecule has 0 unspecified atom stereocenters. The van der Waals surface area contributed by atoms with Crippen molar-refractivity contribution < 1.29 is 17.9 Å². The summed E-state index contributed by atoms with van der Waals surface area (Å²) in [5.74, 6) is -0.615. The third-order valence-electron chi connectivity index (χ3n) is 3.56. The molecule has 0 spiro atoms. The number of methoxy groups -OCH3 is 1. The summed E-state index contributed by atoms with van der Waals surface area (Å²) >= 11 is 0. The molecule has 110 valence electrons. The third kappa shape index (κ3) is 3.58. The summed E-state index contributed by atoms with van der Waals surface area (Å²) in [4.78, 5) is 11.8. The lowest BCUT2D eigenvalue weighted by Gasteiger charge is -2.12. The highest BCUT2D eigenvalue weighted by Crippen LogP contribution is 2.45. The molecule has 1 saturated carbocycles. The topological polar surface area (TPSA) is 72.5 Å². The monoisotopic (exact) mass is 297 g/mol. The van der Waals surface area contributed by atoms with Crippen LogP contribution in [0, 0.1) is 5.41 Å². The number of carbonyl (C=O) groups is 1. The van der Waals surface area contributed by atoms with Crippen molar-refractivity contribution in [3.05, 3.63) is 35.4 Å². The number of nitrogens with one attached hydrogen (secondary N) is 1. The molecular weight excluding hydrogens is 278 g/mol. The molecule has 1 aromatic carbocycles. The van der Waals surface area contributed by atoms with Gasteiger partial charge in [-0.15, -0.1) is 0 Å². The molecule has 1 aromatic rings. The first-order valence-corrected chi connectivity index (χ1v) is 8.12. The fourth-order valence-corrected chi connectivity index (χ4v) is 3.21. The van der Waals surface area contributed by atoms with Gasteiger partial charge in [0.2, 0.25) is 15.9 Å². The summed E-state index contributed by atoms with van der Waals surface area (Å²) in [6.45, 7) is 2.12. The molecule has 0 bridgehead atoms. The minimum atomic E-state index is -3.67. The van der Waals surface area contributed by atoms with Gasteiger partial charge in [-0.3, -0.25) is 9.52 Å². The van der Waals surface area contributed by atoms with E-state index in [1.165, 1.54) is 0 Å². The summed E-state index contributed by atoms with van der Waals surface area (Å²) in [5.41, 5.74) is 0.958. The van der Waals surface area contributed by atoms with Gasteiger partial charge in [0, 0.05) is 12.5 Å². The molecule has 1 N–H and O–H groups in total. The van der Waals surface area contributed by atoms with Crippen molar-refractivity contribution in [1.82, 2.24) is 4.72 Å². The van der Waals surface area contributed by atoms with Gasteiger partial charge in [-0.05, 0) is 24.0 Å². The Labute approximate surface area is 119 Å². The molecule has 1 aliphatic rings. The Morgan fingerprint density at radius 2 is 1.90 bits per heavy atom. The number of sulfonamides is 1. The first kappa shape index (κ1) is 15.0. The zero-order valence-electron chi connectivity index (χ0n) is 11.7. The maximum Gasteiger partial charge on any atom is 0.239 e. The van der Waals surface area contributed by atoms with Crippen LogP contribution in [0.25, 0.3) is 0 Å². The fraction of sp³-hybridized carbons (Fsp3) is 0.500. The SMILES string of the molecule is COCc1ccccc1CS(=O)(=O)NC(=O)C1(C)CC1. The van der Waals surface area contributed by atoms with Crippen molar-refractivity contribution in [2.24, 2.45) is 5.41 Å². The van der Waals surface area contributed by atoms with Crippen LogP contribution in [-0.4, -0.2) is 21.4 Å². The second-order valence-electron chi connectivity index (χ2n) is 5.45. The molecule has 5 nitrogen and oxygen atoms in total. The molecule has 0 saturated heterocycles. The van der Waals surface area contributed by atoms with E-state index in [9.17, 15) is 13.2 Å². The Balaban J connectivity index is 2.10. The van der Waals surface area contributed by atoms with Crippen LogP contribution < -0.4 is 4.72 Å². The molecule has 1 fully saturated rings. The molecular formula is C14H19NO4S. The van der Waals surface area contributed by atoms with Crippen molar-refractivity contribution in [1.29, 1.82) is 0 Å². The fourth-order valence-electron chi connectivity index (χ4n) is 1.91. The maximum absolute atomic E-state index is 12.1. The lowest BCUT2D eigenvalue weighted by atomic mass is 10.1. The van der Waals surface area contributed by atoms with Gasteiger partial charge in [0.25, 0.3) is 0 Å². The van der Waals surface area contributed by atoms with Gasteiger partial charge >= 0.3 is 0 Å². The van der Waals surface area contributed by atoms with Crippen LogP contribution in [0.2, 0.25) is 0 Å². The van der Waals surface area contributed by atoms with Gasteiger partial charge in [0.1, 0.15) is 0 Å². The first-order chi connectivity index (χ1) is 9.36. The molecule has 6 heteroatoms.